The van der Waals surface area contributed by atoms with E-state index in [0.717, 1.165) is 18.0 Å². The zero-order valence-electron chi connectivity index (χ0n) is 16.8. The molecule has 1 aromatic carbocycles. The van der Waals surface area contributed by atoms with Gasteiger partial charge in [-0.25, -0.2) is 14.6 Å². The Hall–Kier alpha value is -4.21. The summed E-state index contributed by atoms with van der Waals surface area (Å²) in [6.07, 6.45) is -0.897. The van der Waals surface area contributed by atoms with Gasteiger partial charge in [0.1, 0.15) is 5.82 Å². The van der Waals surface area contributed by atoms with Crippen molar-refractivity contribution < 1.29 is 18.0 Å². The third kappa shape index (κ3) is 4.59. The topological polar surface area (TPSA) is 84.7 Å². The molecule has 2 N–H and O–H groups in total. The highest BCUT2D eigenvalue weighted by Crippen LogP contribution is 2.29. The quantitative estimate of drug-likeness (QED) is 0.459. The van der Waals surface area contributed by atoms with Crippen LogP contribution in [0.4, 0.5) is 30.4 Å². The van der Waals surface area contributed by atoms with Crippen molar-refractivity contribution in [2.75, 3.05) is 10.6 Å². The van der Waals surface area contributed by atoms with Gasteiger partial charge in [0.25, 0.3) is 5.91 Å². The van der Waals surface area contributed by atoms with Crippen molar-refractivity contribution in [2.24, 2.45) is 0 Å². The van der Waals surface area contributed by atoms with Crippen LogP contribution in [0.3, 0.4) is 0 Å². The molecule has 0 radical (unpaired) electrons. The van der Waals surface area contributed by atoms with E-state index < -0.39 is 17.6 Å². The molecular formula is C22H17F3N6O. The van der Waals surface area contributed by atoms with Gasteiger partial charge in [-0.2, -0.15) is 18.3 Å². The summed E-state index contributed by atoms with van der Waals surface area (Å²) in [6.45, 7) is 1.63. The van der Waals surface area contributed by atoms with E-state index in [2.05, 4.69) is 25.7 Å². The number of hydrogen-bond acceptors (Lipinski definition) is 5. The second kappa shape index (κ2) is 8.50. The van der Waals surface area contributed by atoms with Crippen molar-refractivity contribution in [3.63, 3.8) is 0 Å². The van der Waals surface area contributed by atoms with Gasteiger partial charge < -0.3 is 10.6 Å². The van der Waals surface area contributed by atoms with Gasteiger partial charge in [-0.3, -0.25) is 4.79 Å². The van der Waals surface area contributed by atoms with Crippen LogP contribution in [0.2, 0.25) is 0 Å². The van der Waals surface area contributed by atoms with Crippen molar-refractivity contribution in [2.45, 2.75) is 13.1 Å². The number of carbonyl (C=O) groups excluding carboxylic acids is 1. The van der Waals surface area contributed by atoms with Gasteiger partial charge in [0, 0.05) is 11.9 Å². The molecular weight excluding hydrogens is 421 g/mol. The molecule has 0 spiro atoms. The molecule has 4 rings (SSSR count). The summed E-state index contributed by atoms with van der Waals surface area (Å²) in [4.78, 5) is 20.7. The number of pyridine rings is 2. The highest BCUT2D eigenvalue weighted by atomic mass is 19.4. The highest BCUT2D eigenvalue weighted by molar-refractivity contribution is 6.04. The number of benzene rings is 1. The van der Waals surface area contributed by atoms with Crippen LogP contribution in [-0.2, 0) is 6.18 Å². The van der Waals surface area contributed by atoms with E-state index in [9.17, 15) is 18.0 Å². The molecule has 0 saturated heterocycles. The van der Waals surface area contributed by atoms with Crippen molar-refractivity contribution in [3.05, 3.63) is 90.0 Å². The lowest BCUT2D eigenvalue weighted by atomic mass is 10.2. The molecule has 3 heterocycles. The number of nitrogens with one attached hydrogen (secondary N) is 2. The summed E-state index contributed by atoms with van der Waals surface area (Å²) in [5.74, 6) is 0.366. The first-order valence-corrected chi connectivity index (χ1v) is 9.49. The van der Waals surface area contributed by atoms with E-state index in [4.69, 9.17) is 0 Å². The van der Waals surface area contributed by atoms with Crippen molar-refractivity contribution >= 4 is 23.1 Å². The zero-order chi connectivity index (χ0) is 22.7. The van der Waals surface area contributed by atoms with E-state index >= 15 is 0 Å². The van der Waals surface area contributed by atoms with Crippen LogP contribution in [0.15, 0.2) is 73.2 Å². The van der Waals surface area contributed by atoms with E-state index in [1.807, 2.05) is 30.3 Å². The normalized spacial score (nSPS) is 11.2. The Kier molecular flexibility index (Phi) is 5.59. The van der Waals surface area contributed by atoms with Gasteiger partial charge in [0.2, 0.25) is 0 Å². The van der Waals surface area contributed by atoms with Crippen LogP contribution in [-0.4, -0.2) is 25.7 Å². The SMILES string of the molecule is Cc1c(C(=O)Nc2ccc(Nc3ccccc3)nc2)cnn1-c1ccc(C(F)(F)F)cn1. The highest BCUT2D eigenvalue weighted by Gasteiger charge is 2.30. The molecule has 162 valence electrons. The number of para-hydroxylation sites is 1. The van der Waals surface area contributed by atoms with Crippen LogP contribution in [0.5, 0.6) is 0 Å². The minimum Gasteiger partial charge on any atom is -0.340 e. The first-order chi connectivity index (χ1) is 15.3. The number of rotatable bonds is 5. The van der Waals surface area contributed by atoms with Crippen LogP contribution in [0.1, 0.15) is 21.6 Å². The molecule has 0 unspecified atom stereocenters. The average molecular weight is 438 g/mol. The maximum absolute atomic E-state index is 12.7. The number of alkyl halides is 3. The minimum absolute atomic E-state index is 0.174. The molecule has 0 aliphatic carbocycles. The monoisotopic (exact) mass is 438 g/mol. The fourth-order valence-electron chi connectivity index (χ4n) is 2.95. The Labute approximate surface area is 181 Å². The third-order valence-electron chi connectivity index (χ3n) is 4.61. The first-order valence-electron chi connectivity index (χ1n) is 9.49. The number of anilines is 3. The lowest BCUT2D eigenvalue weighted by Gasteiger charge is -2.09. The Morgan fingerprint density at radius 3 is 2.31 bits per heavy atom. The number of hydrogen-bond donors (Lipinski definition) is 2. The zero-order valence-corrected chi connectivity index (χ0v) is 16.8. The van der Waals surface area contributed by atoms with Crippen LogP contribution in [0.25, 0.3) is 5.82 Å². The number of halogens is 3. The third-order valence-corrected chi connectivity index (χ3v) is 4.61. The van der Waals surface area contributed by atoms with Crippen LogP contribution < -0.4 is 10.6 Å². The van der Waals surface area contributed by atoms with Crippen molar-refractivity contribution in [1.29, 1.82) is 0 Å². The fraction of sp³-hybridized carbons (Fsp3) is 0.0909. The summed E-state index contributed by atoms with van der Waals surface area (Å²) in [6, 6.07) is 15.1. The summed E-state index contributed by atoms with van der Waals surface area (Å²) >= 11 is 0. The Bertz CT molecular complexity index is 1220. The van der Waals surface area contributed by atoms with E-state index in [0.29, 0.717) is 17.2 Å². The molecule has 4 aromatic rings. The van der Waals surface area contributed by atoms with E-state index in [-0.39, 0.29) is 11.4 Å². The van der Waals surface area contributed by atoms with Gasteiger partial charge in [-0.1, -0.05) is 18.2 Å². The summed E-state index contributed by atoms with van der Waals surface area (Å²) in [5, 5.41) is 9.97. The van der Waals surface area contributed by atoms with Gasteiger partial charge >= 0.3 is 6.18 Å². The minimum atomic E-state index is -4.48. The number of amides is 1. The predicted octanol–water partition coefficient (Wildman–Crippen LogP) is 4.99. The summed E-state index contributed by atoms with van der Waals surface area (Å²) in [7, 11) is 0. The van der Waals surface area contributed by atoms with Gasteiger partial charge in [-0.05, 0) is 43.3 Å². The maximum atomic E-state index is 12.7. The molecule has 0 fully saturated rings. The number of nitrogens with zero attached hydrogens (tertiary/aromatic N) is 4. The Morgan fingerprint density at radius 2 is 1.69 bits per heavy atom. The van der Waals surface area contributed by atoms with Gasteiger partial charge in [-0.15, -0.1) is 0 Å². The lowest BCUT2D eigenvalue weighted by molar-refractivity contribution is -0.137. The van der Waals surface area contributed by atoms with E-state index in [1.54, 1.807) is 19.1 Å². The largest absolute Gasteiger partial charge is 0.417 e. The van der Waals surface area contributed by atoms with Crippen LogP contribution in [0, 0.1) is 6.92 Å². The lowest BCUT2D eigenvalue weighted by Crippen LogP contribution is -2.13. The molecule has 1 amide bonds. The molecule has 0 aliphatic heterocycles. The molecule has 3 aromatic heterocycles. The average Bonchev–Trinajstić information content (AvgIpc) is 3.17. The second-order valence-corrected chi connectivity index (χ2v) is 6.84. The summed E-state index contributed by atoms with van der Waals surface area (Å²) < 4.78 is 39.5. The standard InChI is InChI=1S/C22H17F3N6O/c1-14-18(13-28-31(14)20-10-7-15(11-27-20)22(23,24)25)21(32)30-17-8-9-19(26-12-17)29-16-5-3-2-4-6-16/h2-13H,1H3,(H,26,29)(H,30,32). The first kappa shape index (κ1) is 21.0. The second-order valence-electron chi connectivity index (χ2n) is 6.84. The Balaban J connectivity index is 1.46. The van der Waals surface area contributed by atoms with Gasteiger partial charge in [0.15, 0.2) is 5.82 Å². The Morgan fingerprint density at radius 1 is 0.906 bits per heavy atom. The summed E-state index contributed by atoms with van der Waals surface area (Å²) in [5.41, 5.74) is 1.20. The smallest absolute Gasteiger partial charge is 0.340 e. The molecule has 0 atom stereocenters. The number of aromatic nitrogens is 4. The molecule has 7 nitrogen and oxygen atoms in total. The number of carbonyl (C=O) groups is 1. The molecule has 32 heavy (non-hydrogen) atoms. The van der Waals surface area contributed by atoms with E-state index in [1.165, 1.54) is 23.1 Å². The van der Waals surface area contributed by atoms with Gasteiger partial charge in [0.05, 0.1) is 34.9 Å². The van der Waals surface area contributed by atoms with Crippen molar-refractivity contribution in [1.82, 2.24) is 19.7 Å². The molecule has 0 bridgehead atoms. The molecule has 10 heteroatoms. The van der Waals surface area contributed by atoms with Crippen LogP contribution >= 0.6 is 0 Å². The molecule has 0 saturated carbocycles. The fourth-order valence-corrected chi connectivity index (χ4v) is 2.95. The maximum Gasteiger partial charge on any atom is 0.417 e. The van der Waals surface area contributed by atoms with Crippen molar-refractivity contribution in [3.8, 4) is 5.82 Å². The predicted molar refractivity (Wildman–Crippen MR) is 113 cm³/mol. The molecule has 0 aliphatic rings.